The Hall–Kier alpha value is -1.88. The molecule has 5 heteroatoms. The molecule has 0 unspecified atom stereocenters. The molecule has 0 bridgehead atoms. The predicted octanol–water partition coefficient (Wildman–Crippen LogP) is 3.35. The smallest absolute Gasteiger partial charge is 0.201 e. The first-order chi connectivity index (χ1) is 8.58. The maximum absolute atomic E-state index is 10.00. The molecular formula is C13H11BrN2O2. The summed E-state index contributed by atoms with van der Waals surface area (Å²) in [4.78, 5) is 3.15. The van der Waals surface area contributed by atoms with Gasteiger partial charge in [-0.05, 0) is 18.2 Å². The van der Waals surface area contributed by atoms with Crippen LogP contribution in [0.25, 0.3) is 22.0 Å². The third-order valence-electron chi connectivity index (χ3n) is 3.11. The summed E-state index contributed by atoms with van der Waals surface area (Å²) in [5, 5.41) is 20.6. The zero-order chi connectivity index (χ0) is 12.9. The molecule has 92 valence electrons. The van der Waals surface area contributed by atoms with Crippen LogP contribution in [0.5, 0.6) is 11.8 Å². The number of H-pyrrole nitrogens is 1. The Labute approximate surface area is 112 Å². The van der Waals surface area contributed by atoms with Gasteiger partial charge in [0.2, 0.25) is 5.88 Å². The third-order valence-corrected chi connectivity index (χ3v) is 3.60. The van der Waals surface area contributed by atoms with E-state index in [4.69, 9.17) is 0 Å². The Bertz CT molecular complexity index is 743. The molecule has 2 aromatic heterocycles. The fraction of sp³-hybridized carbons (Fsp3) is 0.0769. The highest BCUT2D eigenvalue weighted by molar-refractivity contribution is 9.10. The van der Waals surface area contributed by atoms with Gasteiger partial charge in [0.1, 0.15) is 0 Å². The number of hydrogen-bond donors (Lipinski definition) is 3. The minimum Gasteiger partial charge on any atom is -0.494 e. The molecule has 0 fully saturated rings. The number of rotatable bonds is 1. The van der Waals surface area contributed by atoms with Crippen LogP contribution in [0.4, 0.5) is 0 Å². The topological polar surface area (TPSA) is 61.2 Å². The van der Waals surface area contributed by atoms with E-state index < -0.39 is 0 Å². The second kappa shape index (κ2) is 3.81. The molecule has 0 saturated carbocycles. The standard InChI is InChI=1S/C13H11BrN2O2/c1-16-12(17)5-9(13(16)18)10-6-15-11-3-2-7(14)4-8(10)11/h2-6,15,17-18H,1H3. The van der Waals surface area contributed by atoms with Gasteiger partial charge in [-0.1, -0.05) is 15.9 Å². The van der Waals surface area contributed by atoms with Crippen LogP contribution in [0.3, 0.4) is 0 Å². The monoisotopic (exact) mass is 306 g/mol. The van der Waals surface area contributed by atoms with Crippen molar-refractivity contribution in [2.75, 3.05) is 0 Å². The maximum Gasteiger partial charge on any atom is 0.201 e. The normalized spacial score (nSPS) is 11.2. The highest BCUT2D eigenvalue weighted by Crippen LogP contribution is 2.39. The van der Waals surface area contributed by atoms with Crippen molar-refractivity contribution in [1.82, 2.24) is 9.55 Å². The highest BCUT2D eigenvalue weighted by atomic mass is 79.9. The van der Waals surface area contributed by atoms with Gasteiger partial charge in [-0.2, -0.15) is 0 Å². The third kappa shape index (κ3) is 1.51. The summed E-state index contributed by atoms with van der Waals surface area (Å²) in [6.45, 7) is 0. The lowest BCUT2D eigenvalue weighted by molar-refractivity contribution is 0.387. The Morgan fingerprint density at radius 3 is 2.61 bits per heavy atom. The second-order valence-electron chi connectivity index (χ2n) is 4.19. The van der Waals surface area contributed by atoms with Gasteiger partial charge in [-0.25, -0.2) is 0 Å². The van der Waals surface area contributed by atoms with Gasteiger partial charge in [0.15, 0.2) is 5.88 Å². The molecule has 18 heavy (non-hydrogen) atoms. The predicted molar refractivity (Wildman–Crippen MR) is 73.7 cm³/mol. The van der Waals surface area contributed by atoms with Crippen LogP contribution in [-0.2, 0) is 7.05 Å². The highest BCUT2D eigenvalue weighted by Gasteiger charge is 2.16. The number of fused-ring (bicyclic) bond motifs is 1. The average molecular weight is 307 g/mol. The van der Waals surface area contributed by atoms with Crippen LogP contribution in [0.2, 0.25) is 0 Å². The lowest BCUT2D eigenvalue weighted by atomic mass is 10.1. The minimum atomic E-state index is 0.0341. The SMILES string of the molecule is Cn1c(O)cc(-c2c[nH]c3ccc(Br)cc23)c1O. The Morgan fingerprint density at radius 2 is 1.94 bits per heavy atom. The first-order valence-electron chi connectivity index (χ1n) is 5.42. The van der Waals surface area contributed by atoms with E-state index in [0.29, 0.717) is 5.56 Å². The summed E-state index contributed by atoms with van der Waals surface area (Å²) in [6.07, 6.45) is 1.82. The van der Waals surface area contributed by atoms with E-state index in [-0.39, 0.29) is 11.8 Å². The average Bonchev–Trinajstić information content (AvgIpc) is 2.86. The van der Waals surface area contributed by atoms with Gasteiger partial charge < -0.3 is 15.2 Å². The molecule has 0 aliphatic carbocycles. The number of halogens is 1. The van der Waals surface area contributed by atoms with E-state index in [1.807, 2.05) is 24.4 Å². The van der Waals surface area contributed by atoms with Crippen LogP contribution in [0.15, 0.2) is 34.9 Å². The van der Waals surface area contributed by atoms with Crippen LogP contribution in [0.1, 0.15) is 0 Å². The van der Waals surface area contributed by atoms with Gasteiger partial charge in [-0.15, -0.1) is 0 Å². The number of hydrogen-bond acceptors (Lipinski definition) is 2. The van der Waals surface area contributed by atoms with Crippen LogP contribution < -0.4 is 0 Å². The van der Waals surface area contributed by atoms with E-state index in [9.17, 15) is 10.2 Å². The van der Waals surface area contributed by atoms with Gasteiger partial charge in [0, 0.05) is 45.8 Å². The molecule has 0 saturated heterocycles. The number of nitrogens with one attached hydrogen (secondary N) is 1. The lowest BCUT2D eigenvalue weighted by Crippen LogP contribution is -1.84. The van der Waals surface area contributed by atoms with Crippen LogP contribution >= 0.6 is 15.9 Å². The molecule has 2 heterocycles. The molecule has 1 aromatic carbocycles. The summed E-state index contributed by atoms with van der Waals surface area (Å²) in [5.41, 5.74) is 2.45. The lowest BCUT2D eigenvalue weighted by Gasteiger charge is -2.00. The zero-order valence-corrected chi connectivity index (χ0v) is 11.2. The number of nitrogens with zero attached hydrogens (tertiary/aromatic N) is 1. The summed E-state index contributed by atoms with van der Waals surface area (Å²) < 4.78 is 2.31. The van der Waals surface area contributed by atoms with E-state index >= 15 is 0 Å². The largest absolute Gasteiger partial charge is 0.494 e. The van der Waals surface area contributed by atoms with Crippen LogP contribution in [-0.4, -0.2) is 19.8 Å². The first-order valence-corrected chi connectivity index (χ1v) is 6.22. The molecule has 4 nitrogen and oxygen atoms in total. The maximum atomic E-state index is 10.00. The number of benzene rings is 1. The van der Waals surface area contributed by atoms with Gasteiger partial charge in [-0.3, -0.25) is 4.57 Å². The van der Waals surface area contributed by atoms with Gasteiger partial charge >= 0.3 is 0 Å². The summed E-state index contributed by atoms with van der Waals surface area (Å²) in [7, 11) is 1.61. The molecule has 0 aliphatic rings. The first kappa shape index (κ1) is 11.2. The van der Waals surface area contributed by atoms with Crippen molar-refractivity contribution in [2.24, 2.45) is 7.05 Å². The Kier molecular flexibility index (Phi) is 2.38. The number of aromatic nitrogens is 2. The van der Waals surface area contributed by atoms with Crippen molar-refractivity contribution in [3.63, 3.8) is 0 Å². The molecule has 3 N–H and O–H groups in total. The molecule has 0 amide bonds. The fourth-order valence-electron chi connectivity index (χ4n) is 2.09. The van der Waals surface area contributed by atoms with Gasteiger partial charge in [0.05, 0.1) is 0 Å². The fourth-order valence-corrected chi connectivity index (χ4v) is 2.45. The molecule has 0 atom stereocenters. The van der Waals surface area contributed by atoms with Gasteiger partial charge in [0.25, 0.3) is 0 Å². The van der Waals surface area contributed by atoms with Crippen molar-refractivity contribution < 1.29 is 10.2 Å². The molecule has 0 aliphatic heterocycles. The Morgan fingerprint density at radius 1 is 1.17 bits per heavy atom. The molecular weight excluding hydrogens is 296 g/mol. The zero-order valence-electron chi connectivity index (χ0n) is 9.61. The van der Waals surface area contributed by atoms with Crippen molar-refractivity contribution in [3.05, 3.63) is 34.9 Å². The molecule has 0 radical (unpaired) electrons. The molecule has 3 rings (SSSR count). The quantitative estimate of drug-likeness (QED) is 0.645. The van der Waals surface area contributed by atoms with Crippen molar-refractivity contribution >= 4 is 26.8 Å². The molecule has 0 spiro atoms. The van der Waals surface area contributed by atoms with E-state index in [0.717, 1.165) is 20.9 Å². The second-order valence-corrected chi connectivity index (χ2v) is 5.11. The van der Waals surface area contributed by atoms with Crippen molar-refractivity contribution in [2.45, 2.75) is 0 Å². The number of aromatic hydroxyl groups is 2. The number of aromatic amines is 1. The van der Waals surface area contributed by atoms with Crippen molar-refractivity contribution in [3.8, 4) is 22.9 Å². The molecule has 3 aromatic rings. The van der Waals surface area contributed by atoms with E-state index in [1.54, 1.807) is 13.1 Å². The minimum absolute atomic E-state index is 0.0341. The Balaban J connectivity index is 2.31. The summed E-state index contributed by atoms with van der Waals surface area (Å²) in [5.74, 6) is 0.0835. The van der Waals surface area contributed by atoms with Crippen LogP contribution in [0, 0.1) is 0 Å². The van der Waals surface area contributed by atoms with E-state index in [2.05, 4.69) is 20.9 Å². The van der Waals surface area contributed by atoms with Crippen molar-refractivity contribution in [1.29, 1.82) is 0 Å². The summed E-state index contributed by atoms with van der Waals surface area (Å²) in [6, 6.07) is 7.44. The van der Waals surface area contributed by atoms with E-state index in [1.165, 1.54) is 4.57 Å². The summed E-state index contributed by atoms with van der Waals surface area (Å²) >= 11 is 3.43.